The van der Waals surface area contributed by atoms with Crippen LogP contribution in [0.15, 0.2) is 23.1 Å². The third kappa shape index (κ3) is 3.49. The van der Waals surface area contributed by atoms with E-state index in [-0.39, 0.29) is 34.2 Å². The lowest BCUT2D eigenvalue weighted by molar-refractivity contribution is 0.101. The molecule has 32 heavy (non-hydrogen) atoms. The van der Waals surface area contributed by atoms with E-state index in [1.54, 1.807) is 19.4 Å². The molecule has 6 heteroatoms. The van der Waals surface area contributed by atoms with Gasteiger partial charge in [-0.25, -0.2) is 4.98 Å². The molecule has 170 valence electrons. The van der Waals surface area contributed by atoms with Gasteiger partial charge in [-0.15, -0.1) is 0 Å². The van der Waals surface area contributed by atoms with Crippen LogP contribution in [0, 0.1) is 5.41 Å². The number of carbonyl (C=O) groups is 1. The van der Waals surface area contributed by atoms with Crippen LogP contribution < -0.4 is 10.2 Å². The quantitative estimate of drug-likeness (QED) is 0.458. The molecule has 0 bridgehead atoms. The minimum Gasteiger partial charge on any atom is -0.492 e. The van der Waals surface area contributed by atoms with Gasteiger partial charge in [0.05, 0.1) is 29.3 Å². The van der Waals surface area contributed by atoms with E-state index in [0.717, 1.165) is 54.9 Å². The summed E-state index contributed by atoms with van der Waals surface area (Å²) in [5, 5.41) is 0. The summed E-state index contributed by atoms with van der Waals surface area (Å²) in [7, 11) is 1.70. The minimum atomic E-state index is -0.224. The fourth-order valence-electron chi connectivity index (χ4n) is 5.67. The van der Waals surface area contributed by atoms with Crippen molar-refractivity contribution in [3.05, 3.63) is 45.4 Å². The molecule has 0 spiro atoms. The number of nitrogens with zero attached hydrogens (tertiary/aromatic N) is 2. The minimum absolute atomic E-state index is 0.0505. The van der Waals surface area contributed by atoms with Crippen molar-refractivity contribution in [3.8, 4) is 17.1 Å². The number of carbonyl (C=O) groups excluding carboxylic acids is 1. The highest BCUT2D eigenvalue weighted by atomic mass is 16.5. The van der Waals surface area contributed by atoms with Crippen LogP contribution in [0.2, 0.25) is 0 Å². The maximum atomic E-state index is 12.8. The zero-order valence-corrected chi connectivity index (χ0v) is 19.4. The molecular formula is C26H32N2O4. The Bertz CT molecular complexity index is 1130. The second kappa shape index (κ2) is 7.84. The number of ketones is 1. The van der Waals surface area contributed by atoms with Crippen molar-refractivity contribution in [1.82, 2.24) is 9.55 Å². The Morgan fingerprint density at radius 3 is 2.69 bits per heavy atom. The molecule has 2 atom stereocenters. The van der Waals surface area contributed by atoms with E-state index in [1.807, 2.05) is 0 Å². The number of rotatable bonds is 7. The van der Waals surface area contributed by atoms with Crippen LogP contribution >= 0.6 is 0 Å². The molecule has 3 aliphatic rings. The van der Waals surface area contributed by atoms with Crippen molar-refractivity contribution in [2.75, 3.05) is 20.3 Å². The molecule has 2 saturated carbocycles. The van der Waals surface area contributed by atoms with Crippen LogP contribution in [0.3, 0.4) is 0 Å². The third-order valence-electron chi connectivity index (χ3n) is 7.44. The van der Waals surface area contributed by atoms with E-state index in [0.29, 0.717) is 19.1 Å². The molecule has 3 heterocycles. The number of methoxy groups -OCH3 is 1. The number of ether oxygens (including phenoxy) is 2. The van der Waals surface area contributed by atoms with E-state index >= 15 is 0 Å². The molecule has 2 fully saturated rings. The van der Waals surface area contributed by atoms with Crippen LogP contribution in [-0.4, -0.2) is 35.7 Å². The van der Waals surface area contributed by atoms with Gasteiger partial charge in [0, 0.05) is 50.3 Å². The highest BCUT2D eigenvalue weighted by molar-refractivity contribution is 5.94. The van der Waals surface area contributed by atoms with Crippen LogP contribution in [0.1, 0.15) is 92.4 Å². The summed E-state index contributed by atoms with van der Waals surface area (Å²) in [4.78, 5) is 30.1. The van der Waals surface area contributed by atoms with E-state index < -0.39 is 0 Å². The smallest absolute Gasteiger partial charge is 0.193 e. The van der Waals surface area contributed by atoms with Gasteiger partial charge in [-0.05, 0) is 49.7 Å². The SMILES string of the molecule is COCCCOc1cc2c(nc1C1CC1)-c1cc(=O)c(C(C)=O)cn1C1C2CCC1(C)C. The monoisotopic (exact) mass is 436 g/mol. The lowest BCUT2D eigenvalue weighted by Crippen LogP contribution is -2.32. The first-order valence-corrected chi connectivity index (χ1v) is 11.8. The maximum absolute atomic E-state index is 12.8. The number of pyridine rings is 2. The Labute approximate surface area is 189 Å². The molecule has 1 aliphatic heterocycles. The average Bonchev–Trinajstić information content (AvgIpc) is 3.54. The highest BCUT2D eigenvalue weighted by Gasteiger charge is 2.48. The van der Waals surface area contributed by atoms with Crippen molar-refractivity contribution in [2.24, 2.45) is 5.41 Å². The van der Waals surface area contributed by atoms with Crippen molar-refractivity contribution >= 4 is 5.78 Å². The lowest BCUT2D eigenvalue weighted by Gasteiger charge is -2.39. The normalized spacial score (nSPS) is 22.8. The van der Waals surface area contributed by atoms with Crippen LogP contribution in [0.5, 0.6) is 5.75 Å². The predicted molar refractivity (Wildman–Crippen MR) is 123 cm³/mol. The Morgan fingerprint density at radius 1 is 1.22 bits per heavy atom. The average molecular weight is 437 g/mol. The van der Waals surface area contributed by atoms with Gasteiger partial charge in [-0.3, -0.25) is 9.59 Å². The van der Waals surface area contributed by atoms with Gasteiger partial charge in [0.1, 0.15) is 5.75 Å². The number of hydrogen-bond acceptors (Lipinski definition) is 5. The van der Waals surface area contributed by atoms with Crippen LogP contribution in [-0.2, 0) is 4.74 Å². The van der Waals surface area contributed by atoms with Gasteiger partial charge < -0.3 is 14.0 Å². The molecule has 6 nitrogen and oxygen atoms in total. The highest BCUT2D eigenvalue weighted by Crippen LogP contribution is 2.59. The summed E-state index contributed by atoms with van der Waals surface area (Å²) in [6, 6.07) is 4.01. The van der Waals surface area contributed by atoms with Crippen LogP contribution in [0.4, 0.5) is 0 Å². The summed E-state index contributed by atoms with van der Waals surface area (Å²) in [5.74, 6) is 1.42. The number of Topliss-reactive ketones (excluding diaryl/α,β-unsaturated/α-hetero) is 1. The first kappa shape index (κ1) is 21.4. The van der Waals surface area contributed by atoms with Gasteiger partial charge in [0.2, 0.25) is 0 Å². The predicted octanol–water partition coefficient (Wildman–Crippen LogP) is 4.86. The molecule has 0 N–H and O–H groups in total. The summed E-state index contributed by atoms with van der Waals surface area (Å²) in [5.41, 5.74) is 4.00. The second-order valence-electron chi connectivity index (χ2n) is 10.3. The van der Waals surface area contributed by atoms with E-state index in [9.17, 15) is 9.59 Å². The zero-order valence-electron chi connectivity index (χ0n) is 19.4. The first-order chi connectivity index (χ1) is 15.3. The summed E-state index contributed by atoms with van der Waals surface area (Å²) in [6.45, 7) is 7.31. The number of hydrogen-bond donors (Lipinski definition) is 0. The van der Waals surface area contributed by atoms with Crippen molar-refractivity contribution in [2.45, 2.75) is 70.8 Å². The Morgan fingerprint density at radius 2 is 2.00 bits per heavy atom. The largest absolute Gasteiger partial charge is 0.492 e. The molecule has 0 aromatic carbocycles. The summed E-state index contributed by atoms with van der Waals surface area (Å²) in [6.07, 6.45) is 7.01. The fraction of sp³-hybridized carbons (Fsp3) is 0.577. The molecule has 0 saturated heterocycles. The molecular weight excluding hydrogens is 404 g/mol. The van der Waals surface area contributed by atoms with Gasteiger partial charge >= 0.3 is 0 Å². The Kier molecular flexibility index (Phi) is 5.24. The zero-order chi connectivity index (χ0) is 22.6. The standard InChI is InChI=1S/C26H32N2O4/c1-15(29)19-14-28-20(13-21(19)30)24-18(17-8-9-26(2,3)25(17)28)12-22(32-11-5-10-31-4)23(27-24)16-6-7-16/h12-14,16-17,25H,5-11H2,1-4H3. The second-order valence-corrected chi connectivity index (χ2v) is 10.3. The lowest BCUT2D eigenvalue weighted by atomic mass is 9.78. The van der Waals surface area contributed by atoms with E-state index in [1.165, 1.54) is 12.5 Å². The Balaban J connectivity index is 1.67. The van der Waals surface area contributed by atoms with Gasteiger partial charge in [-0.1, -0.05) is 13.8 Å². The van der Waals surface area contributed by atoms with Gasteiger partial charge in [0.25, 0.3) is 0 Å². The molecule has 5 rings (SSSR count). The van der Waals surface area contributed by atoms with Crippen molar-refractivity contribution < 1.29 is 14.3 Å². The Hall–Kier alpha value is -2.47. The molecule has 2 aliphatic carbocycles. The summed E-state index contributed by atoms with van der Waals surface area (Å²) < 4.78 is 13.6. The molecule has 2 unspecified atom stereocenters. The van der Waals surface area contributed by atoms with Gasteiger partial charge in [-0.2, -0.15) is 0 Å². The van der Waals surface area contributed by atoms with Gasteiger partial charge in [0.15, 0.2) is 11.2 Å². The number of fused-ring (bicyclic) bond motifs is 6. The van der Waals surface area contributed by atoms with Crippen molar-refractivity contribution in [1.29, 1.82) is 0 Å². The molecule has 0 radical (unpaired) electrons. The fourth-order valence-corrected chi connectivity index (χ4v) is 5.67. The van der Waals surface area contributed by atoms with Crippen LogP contribution in [0.25, 0.3) is 11.4 Å². The topological polar surface area (TPSA) is 70.4 Å². The number of aromatic nitrogens is 2. The van der Waals surface area contributed by atoms with Crippen molar-refractivity contribution in [3.63, 3.8) is 0 Å². The maximum Gasteiger partial charge on any atom is 0.193 e. The third-order valence-corrected chi connectivity index (χ3v) is 7.44. The first-order valence-electron chi connectivity index (χ1n) is 11.8. The van der Waals surface area contributed by atoms with E-state index in [4.69, 9.17) is 14.5 Å². The molecule has 2 aromatic rings. The molecule has 2 aromatic heterocycles. The van der Waals surface area contributed by atoms with E-state index in [2.05, 4.69) is 24.5 Å². The molecule has 0 amide bonds. The summed E-state index contributed by atoms with van der Waals surface area (Å²) >= 11 is 0.